The van der Waals surface area contributed by atoms with E-state index in [0.717, 1.165) is 11.3 Å². The van der Waals surface area contributed by atoms with Crippen LogP contribution in [0.25, 0.3) is 10.2 Å². The number of thiazole rings is 1. The van der Waals surface area contributed by atoms with E-state index in [1.807, 2.05) is 6.92 Å². The number of aryl methyl sites for hydroxylation is 1. The predicted octanol–water partition coefficient (Wildman–Crippen LogP) is 1.97. The molecular weight excluding hydrogens is 347 g/mol. The van der Waals surface area contributed by atoms with Gasteiger partial charge in [-0.3, -0.25) is 14.3 Å². The molecule has 0 bridgehead atoms. The van der Waals surface area contributed by atoms with Gasteiger partial charge in [-0.1, -0.05) is 11.3 Å². The molecule has 0 saturated heterocycles. The van der Waals surface area contributed by atoms with Gasteiger partial charge < -0.3 is 9.30 Å². The number of nitrogens with zero attached hydrogens (tertiary/aromatic N) is 4. The van der Waals surface area contributed by atoms with Crippen molar-refractivity contribution in [2.75, 3.05) is 7.11 Å². The van der Waals surface area contributed by atoms with Gasteiger partial charge in [-0.25, -0.2) is 4.39 Å². The van der Waals surface area contributed by atoms with Gasteiger partial charge >= 0.3 is 5.97 Å². The summed E-state index contributed by atoms with van der Waals surface area (Å²) in [5.41, 5.74) is 0.947. The minimum atomic E-state index is -0.489. The summed E-state index contributed by atoms with van der Waals surface area (Å²) >= 11 is 1.13. The van der Waals surface area contributed by atoms with Crippen LogP contribution in [-0.2, 0) is 22.6 Å². The second-order valence-electron chi connectivity index (χ2n) is 5.11. The number of esters is 1. The Balaban J connectivity index is 2.15. The molecule has 0 unspecified atom stereocenters. The first kappa shape index (κ1) is 17.0. The van der Waals surface area contributed by atoms with E-state index in [0.29, 0.717) is 27.3 Å². The van der Waals surface area contributed by atoms with Crippen LogP contribution in [0.15, 0.2) is 35.5 Å². The van der Waals surface area contributed by atoms with E-state index in [4.69, 9.17) is 4.74 Å². The third kappa shape index (κ3) is 3.36. The molecule has 3 aromatic rings. The predicted molar refractivity (Wildman–Crippen MR) is 89.6 cm³/mol. The summed E-state index contributed by atoms with van der Waals surface area (Å²) in [5, 5.41) is 4.04. The highest BCUT2D eigenvalue weighted by Gasteiger charge is 2.14. The number of methoxy groups -OCH3 is 1. The standard InChI is InChI=1S/C16H15FN4O3S/c1-3-21-12(6-7-18-21)15(23)19-16-20(9-14(22)24-2)11-5-4-10(17)8-13(11)25-16/h4-8H,3,9H2,1-2H3. The largest absolute Gasteiger partial charge is 0.468 e. The summed E-state index contributed by atoms with van der Waals surface area (Å²) in [6.07, 6.45) is 1.52. The van der Waals surface area contributed by atoms with Crippen LogP contribution >= 0.6 is 11.3 Å². The molecular formula is C16H15FN4O3S. The van der Waals surface area contributed by atoms with Gasteiger partial charge in [0, 0.05) is 12.7 Å². The number of benzene rings is 1. The van der Waals surface area contributed by atoms with Crippen LogP contribution in [0, 0.1) is 5.82 Å². The highest BCUT2D eigenvalue weighted by atomic mass is 32.1. The molecule has 0 aliphatic carbocycles. The molecule has 0 N–H and O–H groups in total. The second kappa shape index (κ2) is 6.98. The van der Waals surface area contributed by atoms with E-state index < -0.39 is 17.7 Å². The normalized spacial score (nSPS) is 11.9. The van der Waals surface area contributed by atoms with Crippen molar-refractivity contribution < 1.29 is 18.7 Å². The fourth-order valence-corrected chi connectivity index (χ4v) is 3.44. The van der Waals surface area contributed by atoms with Crippen LogP contribution in [0.2, 0.25) is 0 Å². The number of hydrogen-bond donors (Lipinski definition) is 0. The molecule has 0 aliphatic heterocycles. The zero-order chi connectivity index (χ0) is 18.0. The molecule has 3 rings (SSSR count). The zero-order valence-corrected chi connectivity index (χ0v) is 14.4. The van der Waals surface area contributed by atoms with Crippen LogP contribution in [-0.4, -0.2) is 33.3 Å². The second-order valence-corrected chi connectivity index (χ2v) is 6.12. The molecule has 2 aromatic heterocycles. The Hall–Kier alpha value is -2.81. The number of hydrogen-bond acceptors (Lipinski definition) is 5. The van der Waals surface area contributed by atoms with Gasteiger partial charge in [0.05, 0.1) is 17.3 Å². The lowest BCUT2D eigenvalue weighted by molar-refractivity contribution is -0.141. The van der Waals surface area contributed by atoms with Gasteiger partial charge in [-0.15, -0.1) is 0 Å². The molecule has 1 aromatic carbocycles. The third-order valence-electron chi connectivity index (χ3n) is 3.59. The maximum absolute atomic E-state index is 13.5. The molecule has 0 aliphatic rings. The Morgan fingerprint density at radius 2 is 2.16 bits per heavy atom. The molecule has 2 heterocycles. The summed E-state index contributed by atoms with van der Waals surface area (Å²) in [6, 6.07) is 5.75. The molecule has 7 nitrogen and oxygen atoms in total. The minimum absolute atomic E-state index is 0.124. The first-order valence-corrected chi connectivity index (χ1v) is 8.31. The molecule has 25 heavy (non-hydrogen) atoms. The van der Waals surface area contributed by atoms with Crippen LogP contribution < -0.4 is 4.80 Å². The fourth-order valence-electron chi connectivity index (χ4n) is 2.39. The Bertz CT molecular complexity index is 1020. The van der Waals surface area contributed by atoms with E-state index in [1.165, 1.54) is 34.7 Å². The highest BCUT2D eigenvalue weighted by Crippen LogP contribution is 2.19. The lowest BCUT2D eigenvalue weighted by atomic mass is 10.3. The van der Waals surface area contributed by atoms with Crippen molar-refractivity contribution in [3.8, 4) is 0 Å². The van der Waals surface area contributed by atoms with Gasteiger partial charge in [0.25, 0.3) is 5.91 Å². The summed E-state index contributed by atoms with van der Waals surface area (Å²) < 4.78 is 21.8. The number of fused-ring (bicyclic) bond motifs is 1. The van der Waals surface area contributed by atoms with E-state index in [1.54, 1.807) is 12.1 Å². The Labute approximate surface area is 146 Å². The van der Waals surface area contributed by atoms with Crippen LogP contribution in [0.3, 0.4) is 0 Å². The van der Waals surface area contributed by atoms with Crippen molar-refractivity contribution in [2.45, 2.75) is 20.0 Å². The molecule has 1 amide bonds. The van der Waals surface area contributed by atoms with Gasteiger partial charge in [-0.05, 0) is 31.2 Å². The maximum Gasteiger partial charge on any atom is 0.325 e. The molecule has 9 heteroatoms. The van der Waals surface area contributed by atoms with Crippen molar-refractivity contribution in [3.63, 3.8) is 0 Å². The van der Waals surface area contributed by atoms with Gasteiger partial charge in [0.15, 0.2) is 4.80 Å². The van der Waals surface area contributed by atoms with Gasteiger partial charge in [0.2, 0.25) is 0 Å². The maximum atomic E-state index is 13.5. The lowest BCUT2D eigenvalue weighted by Crippen LogP contribution is -2.23. The number of halogens is 1. The van der Waals surface area contributed by atoms with E-state index in [2.05, 4.69) is 10.1 Å². The van der Waals surface area contributed by atoms with E-state index in [-0.39, 0.29) is 6.54 Å². The van der Waals surface area contributed by atoms with Gasteiger partial charge in [0.1, 0.15) is 18.1 Å². The SMILES string of the molecule is CCn1nccc1C(=O)N=c1sc2cc(F)ccc2n1CC(=O)OC. The number of ether oxygens (including phenoxy) is 1. The number of rotatable bonds is 4. The smallest absolute Gasteiger partial charge is 0.325 e. The average molecular weight is 362 g/mol. The molecule has 0 radical (unpaired) electrons. The number of amides is 1. The van der Waals surface area contributed by atoms with Crippen molar-refractivity contribution >= 4 is 33.4 Å². The monoisotopic (exact) mass is 362 g/mol. The zero-order valence-electron chi connectivity index (χ0n) is 13.6. The van der Waals surface area contributed by atoms with E-state index in [9.17, 15) is 14.0 Å². The minimum Gasteiger partial charge on any atom is -0.468 e. The molecule has 0 spiro atoms. The van der Waals surface area contributed by atoms with Crippen molar-refractivity contribution in [1.29, 1.82) is 0 Å². The first-order chi connectivity index (χ1) is 12.0. The Kier molecular flexibility index (Phi) is 4.75. The lowest BCUT2D eigenvalue weighted by Gasteiger charge is -2.04. The summed E-state index contributed by atoms with van der Waals surface area (Å²) in [6.45, 7) is 2.27. The fraction of sp³-hybridized carbons (Fsp3) is 0.250. The van der Waals surface area contributed by atoms with Crippen molar-refractivity contribution in [3.05, 3.63) is 46.8 Å². The highest BCUT2D eigenvalue weighted by molar-refractivity contribution is 7.16. The van der Waals surface area contributed by atoms with Crippen LogP contribution in [0.5, 0.6) is 0 Å². The summed E-state index contributed by atoms with van der Waals surface area (Å²) in [4.78, 5) is 28.6. The molecule has 0 atom stereocenters. The average Bonchev–Trinajstić information content (AvgIpc) is 3.19. The molecule has 130 valence electrons. The Morgan fingerprint density at radius 3 is 2.88 bits per heavy atom. The molecule has 0 saturated carbocycles. The number of aromatic nitrogens is 3. The summed E-state index contributed by atoms with van der Waals surface area (Å²) in [7, 11) is 1.28. The number of carbonyl (C=O) groups is 2. The number of carbonyl (C=O) groups excluding carboxylic acids is 2. The quantitative estimate of drug-likeness (QED) is 0.665. The third-order valence-corrected chi connectivity index (χ3v) is 4.63. The van der Waals surface area contributed by atoms with Gasteiger partial charge in [-0.2, -0.15) is 10.1 Å². The van der Waals surface area contributed by atoms with Crippen LogP contribution in [0.1, 0.15) is 17.4 Å². The Morgan fingerprint density at radius 1 is 1.36 bits per heavy atom. The van der Waals surface area contributed by atoms with Crippen LogP contribution in [0.4, 0.5) is 4.39 Å². The first-order valence-electron chi connectivity index (χ1n) is 7.50. The topological polar surface area (TPSA) is 78.5 Å². The summed E-state index contributed by atoms with van der Waals surface area (Å²) in [5.74, 6) is -1.37. The van der Waals surface area contributed by atoms with Crippen molar-refractivity contribution in [2.24, 2.45) is 4.99 Å². The van der Waals surface area contributed by atoms with Crippen molar-refractivity contribution in [1.82, 2.24) is 14.3 Å². The molecule has 0 fully saturated rings. The van der Waals surface area contributed by atoms with E-state index >= 15 is 0 Å².